The van der Waals surface area contributed by atoms with Crippen LogP contribution in [0.3, 0.4) is 0 Å². The fourth-order valence-electron chi connectivity index (χ4n) is 5.32. The Labute approximate surface area is 257 Å². The number of anilines is 1. The van der Waals surface area contributed by atoms with Crippen LogP contribution in [0.4, 0.5) is 27.6 Å². The first kappa shape index (κ1) is 34.0. The number of carbonyl (C=O) groups is 1. The normalized spacial score (nSPS) is 18.2. The molecule has 0 bridgehead atoms. The van der Waals surface area contributed by atoms with Crippen LogP contribution in [0.15, 0.2) is 46.2 Å². The molecule has 1 atom stereocenters. The van der Waals surface area contributed by atoms with Crippen molar-refractivity contribution < 1.29 is 39.9 Å². The summed E-state index contributed by atoms with van der Waals surface area (Å²) in [5.74, 6) is -3.48. The number of amides is 1. The zero-order chi connectivity index (χ0) is 32.1. The molecule has 2 aliphatic rings. The number of methoxy groups -OCH3 is 1. The number of carbonyl (C=O) groups excluding carboxylic acids is 1. The SMILES string of the molecule is COC1(C(=O)NS(=O)(=O)c2cc(F)c(N[C@H](CCN3CC(C(F)(F)F)C3)CSc3ccc(F)cc3)c(C#N)c2)CCCCC1. The number of nitrogens with one attached hydrogen (secondary N) is 2. The van der Waals surface area contributed by atoms with Gasteiger partial charge in [-0.3, -0.25) is 4.79 Å². The molecule has 44 heavy (non-hydrogen) atoms. The predicted molar refractivity (Wildman–Crippen MR) is 154 cm³/mol. The van der Waals surface area contributed by atoms with Crippen molar-refractivity contribution >= 4 is 33.4 Å². The van der Waals surface area contributed by atoms with E-state index in [1.54, 1.807) is 23.1 Å². The minimum absolute atomic E-state index is 0.151. The Balaban J connectivity index is 1.51. The lowest BCUT2D eigenvalue weighted by Gasteiger charge is -2.40. The molecule has 15 heteroatoms. The van der Waals surface area contributed by atoms with Gasteiger partial charge >= 0.3 is 6.18 Å². The maximum atomic E-state index is 15.5. The van der Waals surface area contributed by atoms with E-state index in [0.717, 1.165) is 12.5 Å². The average molecular weight is 661 g/mol. The summed E-state index contributed by atoms with van der Waals surface area (Å²) in [7, 11) is -3.25. The second-order valence-electron chi connectivity index (χ2n) is 11.0. The number of likely N-dealkylation sites (tertiary alicyclic amines) is 1. The first-order valence-corrected chi connectivity index (χ1v) is 16.5. The first-order chi connectivity index (χ1) is 20.8. The quantitative estimate of drug-likeness (QED) is 0.229. The van der Waals surface area contributed by atoms with Gasteiger partial charge in [0, 0.05) is 43.4 Å². The molecule has 240 valence electrons. The summed E-state index contributed by atoms with van der Waals surface area (Å²) in [4.78, 5) is 14.7. The molecule has 2 aromatic carbocycles. The Morgan fingerprint density at radius 3 is 2.41 bits per heavy atom. The molecule has 1 aliphatic carbocycles. The van der Waals surface area contributed by atoms with E-state index >= 15 is 4.39 Å². The summed E-state index contributed by atoms with van der Waals surface area (Å²) in [6.07, 6.45) is -1.11. The molecule has 1 aliphatic heterocycles. The van der Waals surface area contributed by atoms with Crippen molar-refractivity contribution in [3.05, 3.63) is 53.6 Å². The van der Waals surface area contributed by atoms with E-state index in [9.17, 15) is 36.0 Å². The number of sulfonamides is 1. The van der Waals surface area contributed by atoms with Crippen molar-refractivity contribution in [2.75, 3.05) is 37.8 Å². The minimum Gasteiger partial charge on any atom is -0.378 e. The zero-order valence-electron chi connectivity index (χ0n) is 23.9. The molecule has 2 fully saturated rings. The van der Waals surface area contributed by atoms with Gasteiger partial charge in [0.2, 0.25) is 0 Å². The van der Waals surface area contributed by atoms with Crippen LogP contribution in [0.25, 0.3) is 0 Å². The van der Waals surface area contributed by atoms with Crippen LogP contribution < -0.4 is 10.0 Å². The number of nitrogens with zero attached hydrogens (tertiary/aromatic N) is 2. The fraction of sp³-hybridized carbons (Fsp3) is 0.517. The van der Waals surface area contributed by atoms with E-state index < -0.39 is 56.2 Å². The van der Waals surface area contributed by atoms with Crippen LogP contribution in [0.2, 0.25) is 0 Å². The van der Waals surface area contributed by atoms with Gasteiger partial charge in [-0.2, -0.15) is 18.4 Å². The molecule has 1 heterocycles. The number of nitriles is 1. The third kappa shape index (κ3) is 8.21. The lowest BCUT2D eigenvalue weighted by atomic mass is 9.84. The highest BCUT2D eigenvalue weighted by Gasteiger charge is 2.47. The molecule has 1 saturated heterocycles. The number of alkyl halides is 3. The highest BCUT2D eigenvalue weighted by atomic mass is 32.2. The molecule has 2 N–H and O–H groups in total. The molecule has 0 aromatic heterocycles. The number of hydrogen-bond acceptors (Lipinski definition) is 8. The molecular formula is C29H33F5N4O4S2. The molecular weight excluding hydrogens is 627 g/mol. The number of ether oxygens (including phenoxy) is 1. The Bertz CT molecular complexity index is 1470. The van der Waals surface area contributed by atoms with Crippen LogP contribution in [0.1, 0.15) is 44.1 Å². The topological polar surface area (TPSA) is 112 Å². The number of rotatable bonds is 12. The smallest absolute Gasteiger partial charge is 0.378 e. The molecule has 2 aromatic rings. The fourth-order valence-corrected chi connectivity index (χ4v) is 7.37. The summed E-state index contributed by atoms with van der Waals surface area (Å²) >= 11 is 1.30. The summed E-state index contributed by atoms with van der Waals surface area (Å²) in [6, 6.07) is 8.53. The van der Waals surface area contributed by atoms with Crippen LogP contribution in [0, 0.1) is 28.9 Å². The van der Waals surface area contributed by atoms with Crippen molar-refractivity contribution in [2.45, 2.75) is 66.1 Å². The predicted octanol–water partition coefficient (Wildman–Crippen LogP) is 5.45. The second-order valence-corrected chi connectivity index (χ2v) is 13.8. The number of hydrogen-bond donors (Lipinski definition) is 2. The highest BCUT2D eigenvalue weighted by Crippen LogP contribution is 2.35. The minimum atomic E-state index is -4.57. The molecule has 0 unspecified atom stereocenters. The van der Waals surface area contributed by atoms with Gasteiger partial charge in [-0.05, 0) is 55.7 Å². The maximum Gasteiger partial charge on any atom is 0.394 e. The van der Waals surface area contributed by atoms with Crippen LogP contribution in [-0.2, 0) is 19.6 Å². The van der Waals surface area contributed by atoms with Gasteiger partial charge in [-0.1, -0.05) is 19.3 Å². The van der Waals surface area contributed by atoms with Crippen molar-refractivity contribution in [1.82, 2.24) is 9.62 Å². The zero-order valence-corrected chi connectivity index (χ0v) is 25.6. The van der Waals surface area contributed by atoms with Gasteiger partial charge in [-0.15, -0.1) is 11.8 Å². The standard InChI is InChI=1S/C29H33F5N4O4S2/c1-42-28(10-3-2-4-11-28)27(39)37-44(40,41)24-13-19(15-35)26(25(31)14-24)36-22(18-43-23-7-5-21(30)6-8-23)9-12-38-16-20(17-38)29(32,33)34/h5-8,13-14,20,22,36H,2-4,9-12,16-18H2,1H3,(H,37,39)/t22-/m1/s1. The van der Waals surface area contributed by atoms with E-state index in [2.05, 4.69) is 5.32 Å². The lowest BCUT2D eigenvalue weighted by molar-refractivity contribution is -0.209. The van der Waals surface area contributed by atoms with E-state index in [1.807, 2.05) is 4.72 Å². The Hall–Kier alpha value is -2.93. The molecule has 0 spiro atoms. The molecule has 8 nitrogen and oxygen atoms in total. The number of thioether (sulfide) groups is 1. The first-order valence-electron chi connectivity index (χ1n) is 14.1. The Morgan fingerprint density at radius 1 is 1.16 bits per heavy atom. The van der Waals surface area contributed by atoms with Gasteiger partial charge in [-0.25, -0.2) is 21.9 Å². The largest absolute Gasteiger partial charge is 0.394 e. The monoisotopic (exact) mass is 660 g/mol. The van der Waals surface area contributed by atoms with Gasteiger partial charge in [0.15, 0.2) is 0 Å². The number of benzene rings is 2. The lowest BCUT2D eigenvalue weighted by Crippen LogP contribution is -2.53. The van der Waals surface area contributed by atoms with Crippen molar-refractivity contribution in [3.8, 4) is 6.07 Å². The Morgan fingerprint density at radius 2 is 1.82 bits per heavy atom. The van der Waals surface area contributed by atoms with Gasteiger partial charge in [0.05, 0.1) is 22.1 Å². The highest BCUT2D eigenvalue weighted by molar-refractivity contribution is 7.99. The van der Waals surface area contributed by atoms with Gasteiger partial charge in [0.1, 0.15) is 23.3 Å². The van der Waals surface area contributed by atoms with Crippen LogP contribution in [-0.4, -0.2) is 69.5 Å². The summed E-state index contributed by atoms with van der Waals surface area (Å²) in [5.41, 5.74) is -1.94. The Kier molecular flexibility index (Phi) is 10.8. The van der Waals surface area contributed by atoms with Crippen molar-refractivity contribution in [2.24, 2.45) is 5.92 Å². The third-order valence-electron chi connectivity index (χ3n) is 8.01. The van der Waals surface area contributed by atoms with E-state index in [4.69, 9.17) is 4.74 Å². The summed E-state index contributed by atoms with van der Waals surface area (Å²) in [5, 5.41) is 12.7. The third-order valence-corrected chi connectivity index (χ3v) is 10.5. The van der Waals surface area contributed by atoms with Crippen molar-refractivity contribution in [1.29, 1.82) is 5.26 Å². The summed E-state index contributed by atoms with van der Waals surface area (Å²) < 4.78 is 101. The van der Waals surface area contributed by atoms with E-state index in [0.29, 0.717) is 36.6 Å². The van der Waals surface area contributed by atoms with Crippen LogP contribution in [0.5, 0.6) is 0 Å². The van der Waals surface area contributed by atoms with Gasteiger partial charge < -0.3 is 15.0 Å². The second kappa shape index (κ2) is 14.0. The van der Waals surface area contributed by atoms with Crippen LogP contribution >= 0.6 is 11.8 Å². The average Bonchev–Trinajstić information content (AvgIpc) is 2.95. The number of halogens is 5. The van der Waals surface area contributed by atoms with E-state index in [1.165, 1.54) is 31.0 Å². The van der Waals surface area contributed by atoms with Crippen molar-refractivity contribution in [3.63, 3.8) is 0 Å². The molecule has 1 saturated carbocycles. The summed E-state index contributed by atoms with van der Waals surface area (Å²) in [6.45, 7) is -0.0407. The molecule has 4 rings (SSSR count). The maximum absolute atomic E-state index is 15.5. The van der Waals surface area contributed by atoms with E-state index in [-0.39, 0.29) is 43.1 Å². The molecule has 1 amide bonds. The van der Waals surface area contributed by atoms with Gasteiger partial charge in [0.25, 0.3) is 15.9 Å². The molecule has 0 radical (unpaired) electrons.